The van der Waals surface area contributed by atoms with Gasteiger partial charge in [-0.25, -0.2) is 16.8 Å². The summed E-state index contributed by atoms with van der Waals surface area (Å²) in [6, 6.07) is 12.0. The molecule has 0 amide bonds. The highest BCUT2D eigenvalue weighted by atomic mass is 35.5. The predicted octanol–water partition coefficient (Wildman–Crippen LogP) is 5.22. The summed E-state index contributed by atoms with van der Waals surface area (Å²) in [5, 5.41) is 1.77. The van der Waals surface area contributed by atoms with E-state index in [2.05, 4.69) is 9.44 Å². The van der Waals surface area contributed by atoms with Gasteiger partial charge in [-0.15, -0.1) is 11.3 Å². The van der Waals surface area contributed by atoms with Crippen molar-refractivity contribution in [2.75, 3.05) is 9.44 Å². The van der Waals surface area contributed by atoms with Crippen molar-refractivity contribution in [1.82, 2.24) is 0 Å². The van der Waals surface area contributed by atoms with Crippen LogP contribution in [0.4, 0.5) is 11.4 Å². The number of nitrogens with one attached hydrogen (secondary N) is 2. The Kier molecular flexibility index (Phi) is 6.45. The highest BCUT2D eigenvalue weighted by Gasteiger charge is 2.22. The first-order valence-corrected chi connectivity index (χ1v) is 12.9. The van der Waals surface area contributed by atoms with Gasteiger partial charge in [-0.05, 0) is 47.7 Å². The number of sulfonamides is 2. The van der Waals surface area contributed by atoms with E-state index >= 15 is 0 Å². The third kappa shape index (κ3) is 5.04. The number of thiophene rings is 1. The Morgan fingerprint density at radius 2 is 1.48 bits per heavy atom. The fraction of sp³-hybridized carbons (Fsp3) is 0.111. The van der Waals surface area contributed by atoms with Crippen molar-refractivity contribution >= 4 is 66.0 Å². The van der Waals surface area contributed by atoms with E-state index in [0.717, 1.165) is 16.9 Å². The van der Waals surface area contributed by atoms with E-state index < -0.39 is 20.0 Å². The van der Waals surface area contributed by atoms with Crippen molar-refractivity contribution in [3.05, 3.63) is 69.5 Å². The molecule has 0 saturated carbocycles. The van der Waals surface area contributed by atoms with Crippen molar-refractivity contribution in [3.63, 3.8) is 0 Å². The minimum atomic E-state index is -3.99. The summed E-state index contributed by atoms with van der Waals surface area (Å²) in [6.45, 7) is 1.91. The molecule has 3 rings (SSSR count). The van der Waals surface area contributed by atoms with E-state index in [-0.39, 0.29) is 30.5 Å². The van der Waals surface area contributed by atoms with Gasteiger partial charge in [-0.1, -0.05) is 48.3 Å². The maximum absolute atomic E-state index is 12.9. The number of benzene rings is 2. The number of aryl methyl sites for hydroxylation is 1. The summed E-state index contributed by atoms with van der Waals surface area (Å²) in [4.78, 5) is 0.0509. The summed E-state index contributed by atoms with van der Waals surface area (Å²) in [7, 11) is -7.91. The maximum Gasteiger partial charge on any atom is 0.271 e. The molecule has 0 spiro atoms. The molecule has 0 unspecified atom stereocenters. The molecule has 0 aliphatic carbocycles. The van der Waals surface area contributed by atoms with Crippen LogP contribution in [-0.2, 0) is 26.5 Å². The highest BCUT2D eigenvalue weighted by Crippen LogP contribution is 2.35. The molecule has 11 heteroatoms. The van der Waals surface area contributed by atoms with Crippen LogP contribution in [0.1, 0.15) is 12.5 Å². The Hall–Kier alpha value is -1.78. The zero-order valence-electron chi connectivity index (χ0n) is 15.0. The molecule has 0 bridgehead atoms. The Bertz CT molecular complexity index is 1240. The molecule has 0 saturated heterocycles. The van der Waals surface area contributed by atoms with E-state index in [1.165, 1.54) is 24.3 Å². The molecule has 3 aromatic rings. The Morgan fingerprint density at radius 1 is 0.862 bits per heavy atom. The Labute approximate surface area is 183 Å². The molecule has 154 valence electrons. The molecule has 0 aliphatic rings. The van der Waals surface area contributed by atoms with Crippen molar-refractivity contribution < 1.29 is 16.8 Å². The van der Waals surface area contributed by atoms with Crippen LogP contribution in [-0.4, -0.2) is 16.8 Å². The van der Waals surface area contributed by atoms with Gasteiger partial charge in [0.15, 0.2) is 0 Å². The van der Waals surface area contributed by atoms with E-state index in [1.807, 2.05) is 13.0 Å². The second-order valence-corrected chi connectivity index (χ2v) is 11.3. The molecule has 0 aliphatic heterocycles. The standard InChI is InChI=1S/C18H16Cl2N2O4S3/c1-2-12-5-3-6-13(9-12)28(23,24)21-16-10-14(19)15(20)11-17(16)22-29(25,26)18-7-4-8-27-18/h3-11,21-22H,2H2,1H3. The maximum atomic E-state index is 12.9. The van der Waals surface area contributed by atoms with Gasteiger partial charge in [0.05, 0.1) is 26.3 Å². The molecule has 0 atom stereocenters. The Balaban J connectivity index is 2.02. The van der Waals surface area contributed by atoms with Gasteiger partial charge < -0.3 is 0 Å². The fourth-order valence-corrected chi connectivity index (χ4v) is 5.99. The number of rotatable bonds is 7. The first-order chi connectivity index (χ1) is 13.6. The van der Waals surface area contributed by atoms with Gasteiger partial charge in [0, 0.05) is 0 Å². The zero-order valence-corrected chi connectivity index (χ0v) is 19.0. The third-order valence-electron chi connectivity index (χ3n) is 3.93. The van der Waals surface area contributed by atoms with Gasteiger partial charge in [-0.3, -0.25) is 9.44 Å². The second-order valence-electron chi connectivity index (χ2n) is 5.96. The van der Waals surface area contributed by atoms with E-state index in [1.54, 1.807) is 23.6 Å². The molecule has 1 aromatic heterocycles. The summed E-state index contributed by atoms with van der Waals surface area (Å²) in [5.41, 5.74) is 0.769. The summed E-state index contributed by atoms with van der Waals surface area (Å²) in [5.74, 6) is 0. The van der Waals surface area contributed by atoms with Gasteiger partial charge >= 0.3 is 0 Å². The number of halogens is 2. The van der Waals surface area contributed by atoms with Crippen LogP contribution >= 0.6 is 34.5 Å². The van der Waals surface area contributed by atoms with Gasteiger partial charge in [0.1, 0.15) is 4.21 Å². The molecule has 0 fully saturated rings. The van der Waals surface area contributed by atoms with Crippen LogP contribution in [0.5, 0.6) is 0 Å². The molecule has 2 N–H and O–H groups in total. The zero-order chi connectivity index (χ0) is 21.2. The lowest BCUT2D eigenvalue weighted by molar-refractivity contribution is 0.599. The van der Waals surface area contributed by atoms with E-state index in [4.69, 9.17) is 23.2 Å². The predicted molar refractivity (Wildman–Crippen MR) is 118 cm³/mol. The summed E-state index contributed by atoms with van der Waals surface area (Å²) < 4.78 is 55.7. The number of hydrogen-bond acceptors (Lipinski definition) is 5. The minimum absolute atomic E-state index is 0.0389. The quantitative estimate of drug-likeness (QED) is 0.474. The monoisotopic (exact) mass is 490 g/mol. The molecular formula is C18H16Cl2N2O4S3. The van der Waals surface area contributed by atoms with Crippen molar-refractivity contribution in [3.8, 4) is 0 Å². The largest absolute Gasteiger partial charge is 0.277 e. The lowest BCUT2D eigenvalue weighted by Crippen LogP contribution is -2.17. The first-order valence-electron chi connectivity index (χ1n) is 8.29. The summed E-state index contributed by atoms with van der Waals surface area (Å²) >= 11 is 13.1. The van der Waals surface area contributed by atoms with E-state index in [9.17, 15) is 16.8 Å². The molecule has 6 nitrogen and oxygen atoms in total. The van der Waals surface area contributed by atoms with Crippen LogP contribution in [0.3, 0.4) is 0 Å². The number of hydrogen-bond donors (Lipinski definition) is 2. The third-order valence-corrected chi connectivity index (χ3v) is 8.77. The van der Waals surface area contributed by atoms with Gasteiger partial charge in [0.25, 0.3) is 20.0 Å². The normalized spacial score (nSPS) is 12.0. The SMILES string of the molecule is CCc1cccc(S(=O)(=O)Nc2cc(Cl)c(Cl)cc2NS(=O)(=O)c2cccs2)c1. The van der Waals surface area contributed by atoms with Crippen LogP contribution in [0.25, 0.3) is 0 Å². The van der Waals surface area contributed by atoms with E-state index in [0.29, 0.717) is 6.42 Å². The lowest BCUT2D eigenvalue weighted by atomic mass is 10.2. The fourth-order valence-electron chi connectivity index (χ4n) is 2.46. The number of anilines is 2. The van der Waals surface area contributed by atoms with Crippen molar-refractivity contribution in [2.24, 2.45) is 0 Å². The lowest BCUT2D eigenvalue weighted by Gasteiger charge is -2.15. The average Bonchev–Trinajstić information content (AvgIpc) is 3.21. The van der Waals surface area contributed by atoms with Crippen LogP contribution in [0.15, 0.2) is 63.0 Å². The molecular weight excluding hydrogens is 475 g/mol. The molecule has 2 aromatic carbocycles. The van der Waals surface area contributed by atoms with Crippen LogP contribution in [0, 0.1) is 0 Å². The van der Waals surface area contributed by atoms with Crippen LogP contribution in [0.2, 0.25) is 10.0 Å². The van der Waals surface area contributed by atoms with Crippen molar-refractivity contribution in [1.29, 1.82) is 0 Å². The second kappa shape index (κ2) is 8.53. The molecule has 29 heavy (non-hydrogen) atoms. The average molecular weight is 491 g/mol. The summed E-state index contributed by atoms with van der Waals surface area (Å²) in [6.07, 6.45) is 0.669. The molecule has 0 radical (unpaired) electrons. The Morgan fingerprint density at radius 3 is 2.03 bits per heavy atom. The van der Waals surface area contributed by atoms with Crippen molar-refractivity contribution in [2.45, 2.75) is 22.4 Å². The minimum Gasteiger partial charge on any atom is -0.277 e. The smallest absolute Gasteiger partial charge is 0.271 e. The van der Waals surface area contributed by atoms with Crippen LogP contribution < -0.4 is 9.44 Å². The van der Waals surface area contributed by atoms with Gasteiger partial charge in [-0.2, -0.15) is 0 Å². The topological polar surface area (TPSA) is 92.3 Å². The van der Waals surface area contributed by atoms with Gasteiger partial charge in [0.2, 0.25) is 0 Å². The molecule has 1 heterocycles. The highest BCUT2D eigenvalue weighted by molar-refractivity contribution is 7.94. The first kappa shape index (κ1) is 21.9.